The molecular weight excluding hydrogens is 271 g/mol. The van der Waals surface area contributed by atoms with Gasteiger partial charge in [-0.1, -0.05) is 22.6 Å². The van der Waals surface area contributed by atoms with Crippen molar-refractivity contribution in [1.82, 2.24) is 0 Å². The molecule has 70 valence electrons. The molecule has 0 aromatic heterocycles. The lowest BCUT2D eigenvalue weighted by atomic mass is 10.0. The van der Waals surface area contributed by atoms with E-state index in [1.165, 1.54) is 7.11 Å². The van der Waals surface area contributed by atoms with Gasteiger partial charge in [-0.15, -0.1) is 0 Å². The minimum absolute atomic E-state index is 0.0191. The highest BCUT2D eigenvalue weighted by Crippen LogP contribution is 2.33. The second-order valence-electron chi connectivity index (χ2n) is 3.04. The molecule has 1 aliphatic heterocycles. The zero-order valence-corrected chi connectivity index (χ0v) is 9.57. The molecule has 0 N–H and O–H groups in total. The Balaban J connectivity index is 2.69. The zero-order chi connectivity index (χ0) is 9.30. The van der Waals surface area contributed by atoms with Crippen molar-refractivity contribution in [2.45, 2.75) is 30.0 Å². The molecule has 1 heterocycles. The molecule has 3 nitrogen and oxygen atoms in total. The van der Waals surface area contributed by atoms with Gasteiger partial charge in [0.2, 0.25) is 0 Å². The Morgan fingerprint density at radius 1 is 1.42 bits per heavy atom. The smallest absolute Gasteiger partial charge is 0.312 e. The molecular formula is C8H13IO3. The first-order chi connectivity index (χ1) is 5.57. The first-order valence-corrected chi connectivity index (χ1v) is 5.20. The van der Waals surface area contributed by atoms with Gasteiger partial charge in [0.25, 0.3) is 0 Å². The third-order valence-electron chi connectivity index (χ3n) is 2.20. The fraction of sp³-hybridized carbons (Fsp3) is 0.875. The number of ether oxygens (including phenoxy) is 2. The Bertz CT molecular complexity index is 183. The second kappa shape index (κ2) is 3.91. The van der Waals surface area contributed by atoms with Crippen LogP contribution in [0.3, 0.4) is 0 Å². The summed E-state index contributed by atoms with van der Waals surface area (Å²) in [6.45, 7) is 3.90. The third kappa shape index (κ3) is 1.74. The van der Waals surface area contributed by atoms with E-state index in [1.807, 2.05) is 13.8 Å². The van der Waals surface area contributed by atoms with Crippen LogP contribution < -0.4 is 0 Å². The van der Waals surface area contributed by atoms with Crippen LogP contribution in [0.4, 0.5) is 0 Å². The van der Waals surface area contributed by atoms with Crippen molar-refractivity contribution in [3.8, 4) is 0 Å². The molecule has 0 spiro atoms. The minimum Gasteiger partial charge on any atom is -0.469 e. The van der Waals surface area contributed by atoms with E-state index in [1.54, 1.807) is 0 Å². The molecule has 0 unspecified atom stereocenters. The molecule has 4 atom stereocenters. The molecule has 0 aromatic rings. The molecule has 12 heavy (non-hydrogen) atoms. The minimum atomic E-state index is -0.161. The Hall–Kier alpha value is 0.160. The lowest BCUT2D eigenvalue weighted by Crippen LogP contribution is -2.29. The van der Waals surface area contributed by atoms with Gasteiger partial charge in [0.1, 0.15) is 0 Å². The van der Waals surface area contributed by atoms with E-state index in [-0.39, 0.29) is 28.0 Å². The molecule has 0 saturated carbocycles. The van der Waals surface area contributed by atoms with Crippen LogP contribution in [0.2, 0.25) is 0 Å². The summed E-state index contributed by atoms with van der Waals surface area (Å²) in [5.74, 6) is -0.267. The van der Waals surface area contributed by atoms with Crippen LogP contribution >= 0.6 is 22.6 Å². The Morgan fingerprint density at radius 3 is 2.33 bits per heavy atom. The van der Waals surface area contributed by atoms with Crippen LogP contribution in [0.1, 0.15) is 13.8 Å². The van der Waals surface area contributed by atoms with E-state index < -0.39 is 0 Å². The molecule has 0 amide bonds. The van der Waals surface area contributed by atoms with Gasteiger partial charge < -0.3 is 9.47 Å². The van der Waals surface area contributed by atoms with E-state index in [0.29, 0.717) is 0 Å². The van der Waals surface area contributed by atoms with E-state index in [0.717, 1.165) is 0 Å². The summed E-state index contributed by atoms with van der Waals surface area (Å²) in [4.78, 5) is 11.3. The molecule has 4 heteroatoms. The van der Waals surface area contributed by atoms with Gasteiger partial charge in [-0.05, 0) is 13.8 Å². The predicted octanol–water partition coefficient (Wildman–Crippen LogP) is 1.39. The average Bonchev–Trinajstić information content (AvgIpc) is 2.26. The van der Waals surface area contributed by atoms with Crippen molar-refractivity contribution < 1.29 is 14.3 Å². The van der Waals surface area contributed by atoms with Gasteiger partial charge in [0.15, 0.2) is 0 Å². The van der Waals surface area contributed by atoms with Crippen molar-refractivity contribution in [3.63, 3.8) is 0 Å². The molecule has 0 aliphatic carbocycles. The molecule has 1 fully saturated rings. The molecule has 1 aliphatic rings. The predicted molar refractivity (Wildman–Crippen MR) is 53.3 cm³/mol. The number of methoxy groups -OCH3 is 1. The zero-order valence-electron chi connectivity index (χ0n) is 7.41. The number of carbonyl (C=O) groups excluding carboxylic acids is 1. The summed E-state index contributed by atoms with van der Waals surface area (Å²) < 4.78 is 10.4. The van der Waals surface area contributed by atoms with Gasteiger partial charge in [-0.25, -0.2) is 0 Å². The molecule has 1 rings (SSSR count). The van der Waals surface area contributed by atoms with Gasteiger partial charge in [0, 0.05) is 0 Å². The van der Waals surface area contributed by atoms with Crippen LogP contribution in [0.25, 0.3) is 0 Å². The second-order valence-corrected chi connectivity index (χ2v) is 4.48. The van der Waals surface area contributed by atoms with Crippen molar-refractivity contribution in [1.29, 1.82) is 0 Å². The van der Waals surface area contributed by atoms with Crippen LogP contribution in [0.5, 0.6) is 0 Å². The number of hydrogen-bond acceptors (Lipinski definition) is 3. The van der Waals surface area contributed by atoms with Crippen LogP contribution in [-0.2, 0) is 14.3 Å². The number of hydrogen-bond donors (Lipinski definition) is 0. The third-order valence-corrected chi connectivity index (χ3v) is 3.99. The van der Waals surface area contributed by atoms with E-state index in [9.17, 15) is 4.79 Å². The molecule has 1 saturated heterocycles. The maximum atomic E-state index is 11.3. The SMILES string of the molecule is COC(=O)[C@H]1[C@H](I)[C@@H](C)O[C@@H]1C. The number of alkyl halides is 1. The van der Waals surface area contributed by atoms with Gasteiger partial charge in [0.05, 0.1) is 29.2 Å². The number of rotatable bonds is 1. The maximum Gasteiger partial charge on any atom is 0.312 e. The van der Waals surface area contributed by atoms with Crippen molar-refractivity contribution in [2.75, 3.05) is 7.11 Å². The fourth-order valence-corrected chi connectivity index (χ4v) is 2.55. The average molecular weight is 284 g/mol. The number of halogens is 1. The highest BCUT2D eigenvalue weighted by Gasteiger charge is 2.43. The summed E-state index contributed by atoms with van der Waals surface area (Å²) in [5, 5.41) is 0. The molecule has 0 aromatic carbocycles. The first-order valence-electron chi connectivity index (χ1n) is 3.95. The Labute approximate surface area is 85.9 Å². The van der Waals surface area contributed by atoms with Crippen molar-refractivity contribution in [2.24, 2.45) is 5.92 Å². The van der Waals surface area contributed by atoms with Crippen LogP contribution in [0.15, 0.2) is 0 Å². The lowest BCUT2D eigenvalue weighted by Gasteiger charge is -2.13. The fourth-order valence-electron chi connectivity index (χ4n) is 1.51. The van der Waals surface area contributed by atoms with E-state index in [4.69, 9.17) is 9.47 Å². The highest BCUT2D eigenvalue weighted by molar-refractivity contribution is 14.1. The van der Waals surface area contributed by atoms with Crippen molar-refractivity contribution in [3.05, 3.63) is 0 Å². The molecule has 0 radical (unpaired) electrons. The highest BCUT2D eigenvalue weighted by atomic mass is 127. The maximum absolute atomic E-state index is 11.3. The summed E-state index contributed by atoms with van der Waals surface area (Å²) >= 11 is 2.25. The summed E-state index contributed by atoms with van der Waals surface area (Å²) in [6, 6.07) is 0. The number of carbonyl (C=O) groups is 1. The largest absolute Gasteiger partial charge is 0.469 e. The summed E-state index contributed by atoms with van der Waals surface area (Å²) in [7, 11) is 1.42. The Morgan fingerprint density at radius 2 is 2.00 bits per heavy atom. The normalized spacial score (nSPS) is 41.3. The number of esters is 1. The van der Waals surface area contributed by atoms with E-state index >= 15 is 0 Å². The quantitative estimate of drug-likeness (QED) is 0.414. The van der Waals surface area contributed by atoms with Crippen LogP contribution in [-0.4, -0.2) is 29.2 Å². The molecule has 0 bridgehead atoms. The van der Waals surface area contributed by atoms with Crippen LogP contribution in [0, 0.1) is 5.92 Å². The van der Waals surface area contributed by atoms with Gasteiger partial charge in [-0.2, -0.15) is 0 Å². The van der Waals surface area contributed by atoms with E-state index in [2.05, 4.69) is 22.6 Å². The van der Waals surface area contributed by atoms with Gasteiger partial charge >= 0.3 is 5.97 Å². The summed E-state index contributed by atoms with van der Waals surface area (Å²) in [5.41, 5.74) is 0. The lowest BCUT2D eigenvalue weighted by molar-refractivity contribution is -0.146. The topological polar surface area (TPSA) is 35.5 Å². The standard InChI is InChI=1S/C8H13IO3/c1-4-6(8(10)11-3)7(9)5(2)12-4/h4-7H,1-3H3/t4-,5-,6-,7-/m1/s1. The van der Waals surface area contributed by atoms with Crippen molar-refractivity contribution >= 4 is 28.6 Å². The monoisotopic (exact) mass is 284 g/mol. The Kier molecular flexibility index (Phi) is 3.34. The first kappa shape index (κ1) is 10.2. The van der Waals surface area contributed by atoms with Gasteiger partial charge in [-0.3, -0.25) is 4.79 Å². The summed E-state index contributed by atoms with van der Waals surface area (Å²) in [6.07, 6.45) is 0.124.